The summed E-state index contributed by atoms with van der Waals surface area (Å²) >= 11 is 0. The summed E-state index contributed by atoms with van der Waals surface area (Å²) in [5.74, 6) is 0. The number of hydrogen-bond donors (Lipinski definition) is 1. The fourth-order valence-corrected chi connectivity index (χ4v) is 3.46. The van der Waals surface area contributed by atoms with E-state index in [1.54, 1.807) is 30.3 Å². The molecule has 0 amide bonds. The highest BCUT2D eigenvalue weighted by molar-refractivity contribution is 7.89. The van der Waals surface area contributed by atoms with Gasteiger partial charge in [-0.15, -0.1) is 0 Å². The van der Waals surface area contributed by atoms with Gasteiger partial charge in [-0.25, -0.2) is 23.1 Å². The summed E-state index contributed by atoms with van der Waals surface area (Å²) in [6, 6.07) is 1.61. The van der Waals surface area contributed by atoms with Gasteiger partial charge in [-0.05, 0) is 13.0 Å². The Morgan fingerprint density at radius 3 is 2.74 bits per heavy atom. The molecule has 3 rings (SSSR count). The fourth-order valence-electron chi connectivity index (χ4n) is 2.46. The van der Waals surface area contributed by atoms with Crippen molar-refractivity contribution in [2.45, 2.75) is 18.2 Å². The van der Waals surface area contributed by atoms with Gasteiger partial charge < -0.3 is 4.57 Å². The predicted octanol–water partition coefficient (Wildman–Crippen LogP) is 0.531. The van der Waals surface area contributed by atoms with Crippen LogP contribution in [0.3, 0.4) is 0 Å². The lowest BCUT2D eigenvalue weighted by molar-refractivity contribution is 0.580. The first kappa shape index (κ1) is 15.6. The minimum atomic E-state index is -3.60. The number of imidazole rings is 1. The Labute approximate surface area is 134 Å². The molecule has 0 aliphatic rings. The van der Waals surface area contributed by atoms with E-state index in [0.717, 1.165) is 16.8 Å². The van der Waals surface area contributed by atoms with Crippen LogP contribution in [0.2, 0.25) is 0 Å². The molecule has 0 aromatic carbocycles. The summed E-state index contributed by atoms with van der Waals surface area (Å²) in [6.07, 6.45) is 5.33. The third-order valence-corrected chi connectivity index (χ3v) is 5.17. The number of sulfonamides is 1. The first-order chi connectivity index (χ1) is 10.9. The maximum atomic E-state index is 12.4. The Morgan fingerprint density at radius 2 is 2.04 bits per heavy atom. The van der Waals surface area contributed by atoms with Crippen LogP contribution in [0, 0.1) is 6.92 Å². The molecule has 9 heteroatoms. The van der Waals surface area contributed by atoms with Gasteiger partial charge in [0.05, 0.1) is 12.0 Å². The van der Waals surface area contributed by atoms with E-state index in [1.165, 1.54) is 6.20 Å². The Bertz CT molecular complexity index is 957. The quantitative estimate of drug-likeness (QED) is 0.734. The lowest BCUT2D eigenvalue weighted by Crippen LogP contribution is -2.26. The number of fused-ring (bicyclic) bond motifs is 1. The van der Waals surface area contributed by atoms with Gasteiger partial charge in [-0.2, -0.15) is 5.10 Å². The van der Waals surface area contributed by atoms with Gasteiger partial charge in [0.2, 0.25) is 10.0 Å². The average molecular weight is 334 g/mol. The van der Waals surface area contributed by atoms with Gasteiger partial charge in [-0.3, -0.25) is 4.68 Å². The van der Waals surface area contributed by atoms with Crippen molar-refractivity contribution in [3.05, 3.63) is 36.2 Å². The van der Waals surface area contributed by atoms with Crippen LogP contribution in [0.1, 0.15) is 11.4 Å². The van der Waals surface area contributed by atoms with Crippen molar-refractivity contribution < 1.29 is 8.42 Å². The molecule has 0 spiro atoms. The number of pyridine rings is 1. The van der Waals surface area contributed by atoms with E-state index in [9.17, 15) is 8.42 Å². The Kier molecular flexibility index (Phi) is 3.90. The lowest BCUT2D eigenvalue weighted by Gasteiger charge is -2.07. The normalized spacial score (nSPS) is 12.1. The molecular formula is C14H18N6O2S. The molecule has 0 radical (unpaired) electrons. The zero-order valence-corrected chi connectivity index (χ0v) is 14.0. The molecule has 0 saturated heterocycles. The molecule has 3 heterocycles. The smallest absolute Gasteiger partial charge is 0.242 e. The maximum Gasteiger partial charge on any atom is 0.242 e. The predicted molar refractivity (Wildman–Crippen MR) is 85.3 cm³/mol. The molecule has 3 aromatic heterocycles. The molecule has 0 fully saturated rings. The van der Waals surface area contributed by atoms with Crippen molar-refractivity contribution in [2.75, 3.05) is 6.54 Å². The van der Waals surface area contributed by atoms with Crippen LogP contribution < -0.4 is 4.72 Å². The molecule has 0 aliphatic carbocycles. The Hall–Kier alpha value is -2.26. The van der Waals surface area contributed by atoms with Gasteiger partial charge in [0.25, 0.3) is 0 Å². The molecule has 23 heavy (non-hydrogen) atoms. The van der Waals surface area contributed by atoms with Crippen LogP contribution in [-0.4, -0.2) is 39.3 Å². The summed E-state index contributed by atoms with van der Waals surface area (Å²) in [5, 5.41) is 4.99. The van der Waals surface area contributed by atoms with Crippen LogP contribution in [0.25, 0.3) is 11.0 Å². The van der Waals surface area contributed by atoms with Crippen LogP contribution in [0.5, 0.6) is 0 Å². The number of nitrogens with one attached hydrogen (secondary N) is 1. The molecule has 3 aromatic rings. The fraction of sp³-hybridized carbons (Fsp3) is 0.357. The van der Waals surface area contributed by atoms with Crippen molar-refractivity contribution in [1.82, 2.24) is 29.0 Å². The summed E-state index contributed by atoms with van der Waals surface area (Å²) in [6.45, 7) is 2.13. The largest absolute Gasteiger partial charge is 0.338 e. The maximum absolute atomic E-state index is 12.4. The topological polar surface area (TPSA) is 94.7 Å². The third kappa shape index (κ3) is 2.97. The van der Waals surface area contributed by atoms with Crippen molar-refractivity contribution in [1.29, 1.82) is 0 Å². The van der Waals surface area contributed by atoms with Crippen LogP contribution in [0.4, 0.5) is 0 Å². The van der Waals surface area contributed by atoms with Crippen molar-refractivity contribution in [3.8, 4) is 0 Å². The number of aryl methyl sites for hydroxylation is 3. The highest BCUT2D eigenvalue weighted by atomic mass is 32.2. The average Bonchev–Trinajstić information content (AvgIpc) is 3.03. The van der Waals surface area contributed by atoms with Crippen molar-refractivity contribution in [3.63, 3.8) is 0 Å². The van der Waals surface area contributed by atoms with Gasteiger partial charge in [0.15, 0.2) is 5.65 Å². The molecule has 0 unspecified atom stereocenters. The number of nitrogens with zero attached hydrogens (tertiary/aromatic N) is 5. The SMILES string of the molecule is Cc1nn(C)c2ncc(S(=O)(=O)NCCc3cncn3C)cc12. The zero-order chi connectivity index (χ0) is 16.6. The van der Waals surface area contributed by atoms with E-state index in [4.69, 9.17) is 0 Å². The molecule has 122 valence electrons. The van der Waals surface area contributed by atoms with E-state index >= 15 is 0 Å². The first-order valence-electron chi connectivity index (χ1n) is 7.13. The van der Waals surface area contributed by atoms with Gasteiger partial charge in [0.1, 0.15) is 4.90 Å². The Balaban J connectivity index is 1.79. The standard InChI is InChI=1S/C14H18N6O2S/c1-10-13-6-12(8-16-14(13)20(3)18-10)23(21,22)17-5-4-11-7-15-9-19(11)2/h6-9,17H,4-5H2,1-3H3. The highest BCUT2D eigenvalue weighted by Gasteiger charge is 2.17. The summed E-state index contributed by atoms with van der Waals surface area (Å²) in [7, 11) is 0.0508. The van der Waals surface area contributed by atoms with Crippen molar-refractivity contribution in [2.24, 2.45) is 14.1 Å². The summed E-state index contributed by atoms with van der Waals surface area (Å²) in [5.41, 5.74) is 2.38. The minimum absolute atomic E-state index is 0.145. The minimum Gasteiger partial charge on any atom is -0.338 e. The highest BCUT2D eigenvalue weighted by Crippen LogP contribution is 2.19. The van der Waals surface area contributed by atoms with E-state index in [2.05, 4.69) is 19.8 Å². The van der Waals surface area contributed by atoms with Gasteiger partial charge in [-0.1, -0.05) is 0 Å². The van der Waals surface area contributed by atoms with Crippen molar-refractivity contribution >= 4 is 21.1 Å². The third-order valence-electron chi connectivity index (χ3n) is 3.74. The Morgan fingerprint density at radius 1 is 1.26 bits per heavy atom. The molecule has 0 saturated carbocycles. The van der Waals surface area contributed by atoms with Crippen LogP contribution in [0.15, 0.2) is 29.7 Å². The number of rotatable bonds is 5. The number of hydrogen-bond acceptors (Lipinski definition) is 5. The molecule has 8 nitrogen and oxygen atoms in total. The van der Waals surface area contributed by atoms with Crippen LogP contribution >= 0.6 is 0 Å². The molecule has 0 bridgehead atoms. The zero-order valence-electron chi connectivity index (χ0n) is 13.2. The molecule has 0 atom stereocenters. The molecule has 0 aliphatic heterocycles. The second kappa shape index (κ2) is 5.74. The summed E-state index contributed by atoms with van der Waals surface area (Å²) in [4.78, 5) is 8.36. The van der Waals surface area contributed by atoms with E-state index in [0.29, 0.717) is 18.6 Å². The first-order valence-corrected chi connectivity index (χ1v) is 8.61. The van der Waals surface area contributed by atoms with Crippen LogP contribution in [-0.2, 0) is 30.5 Å². The monoisotopic (exact) mass is 334 g/mol. The van der Waals surface area contributed by atoms with E-state index < -0.39 is 10.0 Å². The van der Waals surface area contributed by atoms with E-state index in [-0.39, 0.29) is 4.90 Å². The van der Waals surface area contributed by atoms with E-state index in [1.807, 2.05) is 18.5 Å². The second-order valence-corrected chi connectivity index (χ2v) is 7.16. The van der Waals surface area contributed by atoms with Gasteiger partial charge >= 0.3 is 0 Å². The number of aromatic nitrogens is 5. The summed E-state index contributed by atoms with van der Waals surface area (Å²) < 4.78 is 30.9. The molecule has 1 N–H and O–H groups in total. The lowest BCUT2D eigenvalue weighted by atomic mass is 10.3. The second-order valence-electron chi connectivity index (χ2n) is 5.39. The molecular weight excluding hydrogens is 316 g/mol. The van der Waals surface area contributed by atoms with Gasteiger partial charge in [0, 0.05) is 50.5 Å².